The number of nitriles is 1. The summed E-state index contributed by atoms with van der Waals surface area (Å²) in [7, 11) is 0. The van der Waals surface area contributed by atoms with Gasteiger partial charge in [0, 0.05) is 11.1 Å². The molecule has 1 aliphatic rings. The Labute approximate surface area is 82.8 Å². The van der Waals surface area contributed by atoms with E-state index in [0.717, 1.165) is 19.3 Å². The van der Waals surface area contributed by atoms with Crippen molar-refractivity contribution in [3.05, 3.63) is 29.3 Å². The van der Waals surface area contributed by atoms with Crippen molar-refractivity contribution in [1.82, 2.24) is 0 Å². The number of benzene rings is 1. The highest BCUT2D eigenvalue weighted by Crippen LogP contribution is 2.42. The van der Waals surface area contributed by atoms with Crippen LogP contribution in [0, 0.1) is 11.3 Å². The molecule has 72 valence electrons. The maximum absolute atomic E-state index is 9.64. The van der Waals surface area contributed by atoms with Crippen LogP contribution in [0.5, 0.6) is 5.75 Å². The molecule has 14 heavy (non-hydrogen) atoms. The van der Waals surface area contributed by atoms with E-state index in [4.69, 9.17) is 11.0 Å². The van der Waals surface area contributed by atoms with Gasteiger partial charge in [-0.1, -0.05) is 0 Å². The molecule has 2 rings (SSSR count). The molecule has 0 spiro atoms. The van der Waals surface area contributed by atoms with E-state index in [9.17, 15) is 5.11 Å². The number of hydrogen-bond acceptors (Lipinski definition) is 3. The van der Waals surface area contributed by atoms with Gasteiger partial charge in [0.05, 0.1) is 11.6 Å². The summed E-state index contributed by atoms with van der Waals surface area (Å²) >= 11 is 0. The fourth-order valence-corrected chi connectivity index (χ4v) is 1.83. The van der Waals surface area contributed by atoms with Crippen LogP contribution in [0.2, 0.25) is 0 Å². The van der Waals surface area contributed by atoms with Crippen LogP contribution in [0.4, 0.5) is 0 Å². The summed E-state index contributed by atoms with van der Waals surface area (Å²) in [6.45, 7) is 0. The van der Waals surface area contributed by atoms with Gasteiger partial charge in [-0.25, -0.2) is 0 Å². The predicted octanol–water partition coefficient (Wildman–Crippen LogP) is 1.60. The number of phenols is 1. The normalized spacial score (nSPS) is 18.3. The van der Waals surface area contributed by atoms with Crippen LogP contribution in [-0.4, -0.2) is 5.11 Å². The molecule has 0 atom stereocenters. The Morgan fingerprint density at radius 2 is 2.14 bits per heavy atom. The van der Waals surface area contributed by atoms with Crippen LogP contribution < -0.4 is 5.73 Å². The van der Waals surface area contributed by atoms with Crippen molar-refractivity contribution >= 4 is 0 Å². The van der Waals surface area contributed by atoms with Crippen molar-refractivity contribution in [3.8, 4) is 11.8 Å². The smallest absolute Gasteiger partial charge is 0.120 e. The van der Waals surface area contributed by atoms with E-state index in [0.29, 0.717) is 11.1 Å². The summed E-state index contributed by atoms with van der Waals surface area (Å²) in [5.41, 5.74) is 6.93. The first kappa shape index (κ1) is 9.04. The van der Waals surface area contributed by atoms with Gasteiger partial charge in [-0.05, 0) is 37.5 Å². The minimum atomic E-state index is -0.406. The molecule has 0 aliphatic heterocycles. The first-order chi connectivity index (χ1) is 6.65. The minimum Gasteiger partial charge on any atom is -0.508 e. The molecular formula is C11H12N2O. The van der Waals surface area contributed by atoms with Crippen molar-refractivity contribution in [2.24, 2.45) is 5.73 Å². The molecule has 0 amide bonds. The standard InChI is InChI=1S/C11H12N2O/c12-7-8-2-3-10(14)9(6-8)11(13)4-1-5-11/h2-3,6,14H,1,4-5,13H2. The number of phenolic OH excluding ortho intramolecular Hbond substituents is 1. The Balaban J connectivity index is 2.46. The van der Waals surface area contributed by atoms with Crippen molar-refractivity contribution in [1.29, 1.82) is 5.26 Å². The van der Waals surface area contributed by atoms with Gasteiger partial charge < -0.3 is 10.8 Å². The van der Waals surface area contributed by atoms with Crippen LogP contribution in [0.1, 0.15) is 30.4 Å². The van der Waals surface area contributed by atoms with E-state index in [1.54, 1.807) is 18.2 Å². The zero-order chi connectivity index (χ0) is 10.2. The maximum atomic E-state index is 9.64. The number of nitrogens with two attached hydrogens (primary N) is 1. The molecule has 0 bridgehead atoms. The zero-order valence-electron chi connectivity index (χ0n) is 7.83. The lowest BCUT2D eigenvalue weighted by Crippen LogP contribution is -2.43. The lowest BCUT2D eigenvalue weighted by molar-refractivity contribution is 0.245. The van der Waals surface area contributed by atoms with E-state index in [2.05, 4.69) is 0 Å². The van der Waals surface area contributed by atoms with E-state index in [1.165, 1.54) is 0 Å². The topological polar surface area (TPSA) is 70.0 Å². The van der Waals surface area contributed by atoms with E-state index < -0.39 is 5.54 Å². The highest BCUT2D eigenvalue weighted by atomic mass is 16.3. The largest absolute Gasteiger partial charge is 0.508 e. The number of aromatic hydroxyl groups is 1. The third-order valence-corrected chi connectivity index (χ3v) is 2.91. The third kappa shape index (κ3) is 1.24. The van der Waals surface area contributed by atoms with Crippen molar-refractivity contribution in [2.75, 3.05) is 0 Å². The number of hydrogen-bond donors (Lipinski definition) is 2. The van der Waals surface area contributed by atoms with Gasteiger partial charge in [0.2, 0.25) is 0 Å². The van der Waals surface area contributed by atoms with E-state index in [1.807, 2.05) is 6.07 Å². The van der Waals surface area contributed by atoms with Gasteiger partial charge in [0.1, 0.15) is 5.75 Å². The van der Waals surface area contributed by atoms with Gasteiger partial charge in [0.25, 0.3) is 0 Å². The van der Waals surface area contributed by atoms with Gasteiger partial charge >= 0.3 is 0 Å². The van der Waals surface area contributed by atoms with Crippen molar-refractivity contribution in [3.63, 3.8) is 0 Å². The summed E-state index contributed by atoms with van der Waals surface area (Å²) in [5, 5.41) is 18.4. The second-order valence-electron chi connectivity index (χ2n) is 3.85. The first-order valence-electron chi connectivity index (χ1n) is 4.68. The summed E-state index contributed by atoms with van der Waals surface area (Å²) in [4.78, 5) is 0. The average Bonchev–Trinajstić information content (AvgIpc) is 2.15. The number of nitrogens with zero attached hydrogens (tertiary/aromatic N) is 1. The zero-order valence-corrected chi connectivity index (χ0v) is 7.83. The minimum absolute atomic E-state index is 0.200. The van der Waals surface area contributed by atoms with E-state index in [-0.39, 0.29) is 5.75 Å². The summed E-state index contributed by atoms with van der Waals surface area (Å²) in [6, 6.07) is 6.88. The molecule has 1 fully saturated rings. The van der Waals surface area contributed by atoms with Gasteiger partial charge in [0.15, 0.2) is 0 Å². The quantitative estimate of drug-likeness (QED) is 0.703. The Kier molecular flexibility index (Phi) is 1.94. The van der Waals surface area contributed by atoms with Crippen molar-refractivity contribution in [2.45, 2.75) is 24.8 Å². The molecule has 3 N–H and O–H groups in total. The molecule has 1 aromatic rings. The molecule has 1 saturated carbocycles. The third-order valence-electron chi connectivity index (χ3n) is 2.91. The summed E-state index contributed by atoms with van der Waals surface area (Å²) < 4.78 is 0. The summed E-state index contributed by atoms with van der Waals surface area (Å²) in [5.74, 6) is 0.200. The lowest BCUT2D eigenvalue weighted by Gasteiger charge is -2.38. The second kappa shape index (κ2) is 3.00. The van der Waals surface area contributed by atoms with Gasteiger partial charge in [-0.3, -0.25) is 0 Å². The van der Waals surface area contributed by atoms with Crippen LogP contribution in [0.25, 0.3) is 0 Å². The molecule has 3 nitrogen and oxygen atoms in total. The van der Waals surface area contributed by atoms with Crippen LogP contribution >= 0.6 is 0 Å². The molecular weight excluding hydrogens is 176 g/mol. The highest BCUT2D eigenvalue weighted by molar-refractivity contribution is 5.45. The van der Waals surface area contributed by atoms with Crippen molar-refractivity contribution < 1.29 is 5.11 Å². The molecule has 0 radical (unpaired) electrons. The Morgan fingerprint density at radius 3 is 2.64 bits per heavy atom. The molecule has 3 heteroatoms. The second-order valence-corrected chi connectivity index (χ2v) is 3.85. The molecule has 0 saturated heterocycles. The first-order valence-corrected chi connectivity index (χ1v) is 4.68. The van der Waals surface area contributed by atoms with Gasteiger partial charge in [-0.15, -0.1) is 0 Å². The van der Waals surface area contributed by atoms with Gasteiger partial charge in [-0.2, -0.15) is 5.26 Å². The SMILES string of the molecule is N#Cc1ccc(O)c(C2(N)CCC2)c1. The maximum Gasteiger partial charge on any atom is 0.120 e. The fraction of sp³-hybridized carbons (Fsp3) is 0.364. The average molecular weight is 188 g/mol. The molecule has 1 aromatic carbocycles. The Bertz CT molecular complexity index is 402. The van der Waals surface area contributed by atoms with Crippen LogP contribution in [0.15, 0.2) is 18.2 Å². The molecule has 0 heterocycles. The molecule has 1 aliphatic carbocycles. The highest BCUT2D eigenvalue weighted by Gasteiger charge is 2.36. The fourth-order valence-electron chi connectivity index (χ4n) is 1.83. The Morgan fingerprint density at radius 1 is 1.43 bits per heavy atom. The van der Waals surface area contributed by atoms with E-state index >= 15 is 0 Å². The number of rotatable bonds is 1. The lowest BCUT2D eigenvalue weighted by atomic mass is 9.72. The molecule has 0 unspecified atom stereocenters. The predicted molar refractivity (Wildman–Crippen MR) is 52.5 cm³/mol. The molecule has 0 aromatic heterocycles. The van der Waals surface area contributed by atoms with Crippen LogP contribution in [-0.2, 0) is 5.54 Å². The summed E-state index contributed by atoms with van der Waals surface area (Å²) in [6.07, 6.45) is 2.86. The van der Waals surface area contributed by atoms with Crippen LogP contribution in [0.3, 0.4) is 0 Å². The monoisotopic (exact) mass is 188 g/mol. The Hall–Kier alpha value is -1.53.